The lowest BCUT2D eigenvalue weighted by Crippen LogP contribution is -2.53. The summed E-state index contributed by atoms with van der Waals surface area (Å²) in [6.45, 7) is 6.25. The quantitative estimate of drug-likeness (QED) is 0.677. The Hall–Kier alpha value is -2.04. The van der Waals surface area contributed by atoms with Gasteiger partial charge in [-0.3, -0.25) is 5.73 Å². The minimum absolute atomic E-state index is 0.0750. The zero-order valence-corrected chi connectivity index (χ0v) is 11.0. The molecule has 0 radical (unpaired) electrons. The van der Waals surface area contributed by atoms with Gasteiger partial charge in [0.2, 0.25) is 0 Å². The van der Waals surface area contributed by atoms with Gasteiger partial charge in [0.1, 0.15) is 5.69 Å². The van der Waals surface area contributed by atoms with Crippen LogP contribution in [0.4, 0.5) is 5.69 Å². The van der Waals surface area contributed by atoms with Crippen LogP contribution in [0.2, 0.25) is 0 Å². The predicted octanol–water partition coefficient (Wildman–Crippen LogP) is 0.854. The van der Waals surface area contributed by atoms with Gasteiger partial charge in [-0.15, -0.1) is 0 Å². The van der Waals surface area contributed by atoms with Gasteiger partial charge in [0.05, 0.1) is 0 Å². The van der Waals surface area contributed by atoms with E-state index in [0.29, 0.717) is 17.8 Å². The molecule has 5 nitrogen and oxygen atoms in total. The Morgan fingerprint density at radius 3 is 2.39 bits per heavy atom. The summed E-state index contributed by atoms with van der Waals surface area (Å²) >= 11 is 0. The number of aryl methyl sites for hydroxylation is 1. The molecular weight excluding hydrogens is 226 g/mol. The fourth-order valence-electron chi connectivity index (χ4n) is 2.01. The molecule has 1 unspecified atom stereocenters. The summed E-state index contributed by atoms with van der Waals surface area (Å²) in [7, 11) is 0. The van der Waals surface area contributed by atoms with Crippen molar-refractivity contribution in [1.82, 2.24) is 5.32 Å². The first-order chi connectivity index (χ1) is 8.49. The van der Waals surface area contributed by atoms with Crippen LogP contribution in [0.15, 0.2) is 29.3 Å². The number of guanidine groups is 2. The fourth-order valence-corrected chi connectivity index (χ4v) is 2.01. The van der Waals surface area contributed by atoms with Gasteiger partial charge in [0, 0.05) is 5.92 Å². The molecule has 0 saturated carbocycles. The average Bonchev–Trinajstić information content (AvgIpc) is 2.29. The van der Waals surface area contributed by atoms with Crippen LogP contribution in [0.3, 0.4) is 0 Å². The fraction of sp³-hybridized carbons (Fsp3) is 0.385. The number of nitrogens with two attached hydrogens (primary N) is 2. The first-order valence-corrected chi connectivity index (χ1v) is 6.07. The van der Waals surface area contributed by atoms with E-state index in [1.807, 2.05) is 16.7 Å². The Bertz CT molecular complexity index is 499. The molecule has 1 aromatic carbocycles. The van der Waals surface area contributed by atoms with E-state index in [-0.39, 0.29) is 6.17 Å². The number of hydrogen-bond acceptors (Lipinski definition) is 4. The van der Waals surface area contributed by atoms with E-state index >= 15 is 0 Å². The summed E-state index contributed by atoms with van der Waals surface area (Å²) in [4.78, 5) is 4.42. The maximum absolute atomic E-state index is 6.04. The lowest BCUT2D eigenvalue weighted by Gasteiger charge is -2.25. The standard InChI is InChI=1S/C13H19N5/c1-8(2)11-16-12(14)17-13(15)18(11)10-6-4-9(3)5-7-10/h4-8,11H,1-3H3,(H4,14,15,16,17)/p+1. The van der Waals surface area contributed by atoms with Crippen molar-refractivity contribution in [3.63, 3.8) is 0 Å². The van der Waals surface area contributed by atoms with Gasteiger partial charge in [-0.05, 0) is 19.1 Å². The second kappa shape index (κ2) is 4.68. The molecule has 0 fully saturated rings. The normalized spacial score (nSPS) is 19.8. The van der Waals surface area contributed by atoms with Gasteiger partial charge in [-0.25, -0.2) is 9.89 Å². The topological polar surface area (TPSA) is 79.4 Å². The number of nitrogens with zero attached hydrogens (tertiary/aromatic N) is 2. The van der Waals surface area contributed by atoms with Gasteiger partial charge < -0.3 is 5.73 Å². The molecule has 0 amide bonds. The van der Waals surface area contributed by atoms with Crippen LogP contribution in [0.5, 0.6) is 0 Å². The van der Waals surface area contributed by atoms with Crippen molar-refractivity contribution in [1.29, 1.82) is 0 Å². The van der Waals surface area contributed by atoms with Crippen molar-refractivity contribution in [2.75, 3.05) is 0 Å². The van der Waals surface area contributed by atoms with E-state index in [2.05, 4.69) is 43.2 Å². The summed E-state index contributed by atoms with van der Waals surface area (Å²) in [5.74, 6) is 1.20. The first kappa shape index (κ1) is 12.4. The van der Waals surface area contributed by atoms with Gasteiger partial charge in [-0.2, -0.15) is 4.99 Å². The summed E-state index contributed by atoms with van der Waals surface area (Å²) in [6.07, 6.45) is -0.0750. The molecule has 0 spiro atoms. The third-order valence-electron chi connectivity index (χ3n) is 2.96. The Labute approximate surface area is 107 Å². The van der Waals surface area contributed by atoms with E-state index in [1.165, 1.54) is 5.56 Å². The van der Waals surface area contributed by atoms with Crippen LogP contribution in [0.1, 0.15) is 19.4 Å². The van der Waals surface area contributed by atoms with Crippen molar-refractivity contribution in [3.05, 3.63) is 29.8 Å². The molecular formula is C13H20N5+. The van der Waals surface area contributed by atoms with E-state index < -0.39 is 0 Å². The highest BCUT2D eigenvalue weighted by Gasteiger charge is 2.29. The molecule has 2 rings (SSSR count). The molecule has 1 aromatic rings. The Balaban J connectivity index is 2.46. The van der Waals surface area contributed by atoms with Crippen molar-refractivity contribution in [2.24, 2.45) is 22.4 Å². The van der Waals surface area contributed by atoms with Gasteiger partial charge >= 0.3 is 5.96 Å². The highest BCUT2D eigenvalue weighted by Crippen LogP contribution is 2.21. The van der Waals surface area contributed by atoms with Gasteiger partial charge in [-0.1, -0.05) is 31.5 Å². The summed E-state index contributed by atoms with van der Waals surface area (Å²) in [5, 5.41) is 2.88. The van der Waals surface area contributed by atoms with Crippen molar-refractivity contribution < 1.29 is 4.58 Å². The monoisotopic (exact) mass is 246 g/mol. The molecule has 5 heteroatoms. The Kier molecular flexibility index (Phi) is 3.23. The summed E-state index contributed by atoms with van der Waals surface area (Å²) < 4.78 is 1.97. The van der Waals surface area contributed by atoms with E-state index in [1.54, 1.807) is 0 Å². The SMILES string of the molecule is Cc1ccc([N+]2=C(N)NC(N)=NC2C(C)C)cc1. The van der Waals surface area contributed by atoms with E-state index in [4.69, 9.17) is 11.5 Å². The van der Waals surface area contributed by atoms with Gasteiger partial charge in [0.25, 0.3) is 5.96 Å². The smallest absolute Gasteiger partial charge is 0.357 e. The zero-order valence-electron chi connectivity index (χ0n) is 11.0. The zero-order chi connectivity index (χ0) is 13.3. The average molecular weight is 246 g/mol. The molecule has 1 aliphatic rings. The third kappa shape index (κ3) is 2.30. The van der Waals surface area contributed by atoms with Gasteiger partial charge in [0.15, 0.2) is 6.17 Å². The second-order valence-electron chi connectivity index (χ2n) is 4.89. The lowest BCUT2D eigenvalue weighted by molar-refractivity contribution is -0.496. The highest BCUT2D eigenvalue weighted by atomic mass is 15.4. The molecule has 1 heterocycles. The summed E-state index contributed by atoms with van der Waals surface area (Å²) in [6, 6.07) is 8.19. The molecule has 96 valence electrons. The van der Waals surface area contributed by atoms with Crippen LogP contribution < -0.4 is 16.8 Å². The molecule has 5 N–H and O–H groups in total. The third-order valence-corrected chi connectivity index (χ3v) is 2.96. The van der Waals surface area contributed by atoms with Crippen LogP contribution in [0.25, 0.3) is 0 Å². The maximum Gasteiger partial charge on any atom is 0.357 e. The molecule has 0 bridgehead atoms. The molecule has 18 heavy (non-hydrogen) atoms. The van der Waals surface area contributed by atoms with Crippen molar-refractivity contribution in [3.8, 4) is 0 Å². The minimum atomic E-state index is -0.0750. The molecule has 0 aromatic heterocycles. The number of aliphatic imine (C=N–C) groups is 1. The van der Waals surface area contributed by atoms with Crippen LogP contribution in [0, 0.1) is 12.8 Å². The largest absolute Gasteiger partial charge is 0.357 e. The van der Waals surface area contributed by atoms with Crippen LogP contribution in [-0.2, 0) is 0 Å². The second-order valence-corrected chi connectivity index (χ2v) is 4.89. The van der Waals surface area contributed by atoms with Crippen molar-refractivity contribution >= 4 is 17.6 Å². The molecule has 1 atom stereocenters. The van der Waals surface area contributed by atoms with Crippen LogP contribution >= 0.6 is 0 Å². The Morgan fingerprint density at radius 2 is 1.83 bits per heavy atom. The predicted molar refractivity (Wildman–Crippen MR) is 73.7 cm³/mol. The minimum Gasteiger partial charge on any atom is -0.357 e. The van der Waals surface area contributed by atoms with E-state index in [9.17, 15) is 0 Å². The maximum atomic E-state index is 6.04. The van der Waals surface area contributed by atoms with Crippen LogP contribution in [-0.4, -0.2) is 22.7 Å². The highest BCUT2D eigenvalue weighted by molar-refractivity contribution is 5.96. The molecule has 0 saturated heterocycles. The summed E-state index contributed by atoms with van der Waals surface area (Å²) in [5.41, 5.74) is 14.0. The Morgan fingerprint density at radius 1 is 1.22 bits per heavy atom. The molecule has 1 aliphatic heterocycles. The van der Waals surface area contributed by atoms with Crippen molar-refractivity contribution in [2.45, 2.75) is 26.9 Å². The lowest BCUT2D eigenvalue weighted by atomic mass is 10.1. The number of hydrogen-bond donors (Lipinski definition) is 3. The number of nitrogens with one attached hydrogen (secondary N) is 1. The number of rotatable bonds is 2. The number of benzene rings is 1. The molecule has 0 aliphatic carbocycles. The van der Waals surface area contributed by atoms with E-state index in [0.717, 1.165) is 5.69 Å². The first-order valence-electron chi connectivity index (χ1n) is 6.07.